The molecule has 2 aromatic rings. The fraction of sp³-hybridized carbons (Fsp3) is 0.389. The maximum atomic E-state index is 12.5. The summed E-state index contributed by atoms with van der Waals surface area (Å²) in [7, 11) is 0. The first-order valence-corrected chi connectivity index (χ1v) is 7.50. The minimum atomic E-state index is 0.241. The molecule has 0 bridgehead atoms. The summed E-state index contributed by atoms with van der Waals surface area (Å²) in [5, 5.41) is 2.40. The van der Waals surface area contributed by atoms with Crippen molar-refractivity contribution in [2.75, 3.05) is 13.1 Å². The summed E-state index contributed by atoms with van der Waals surface area (Å²) in [5.74, 6) is 0.241. The molecule has 0 fully saturated rings. The Bertz CT molecular complexity index is 565. The van der Waals surface area contributed by atoms with E-state index in [1.807, 2.05) is 23.1 Å². The zero-order valence-electron chi connectivity index (χ0n) is 12.4. The van der Waals surface area contributed by atoms with Crippen LogP contribution in [0.25, 0.3) is 10.8 Å². The van der Waals surface area contributed by atoms with Gasteiger partial charge in [-0.25, -0.2) is 0 Å². The van der Waals surface area contributed by atoms with E-state index < -0.39 is 0 Å². The van der Waals surface area contributed by atoms with Crippen molar-refractivity contribution in [1.82, 2.24) is 4.90 Å². The molecule has 0 aliphatic carbocycles. The molecule has 0 saturated carbocycles. The standard InChI is InChI=1S/C18H23NO/c1-3-12-19(13-4-2)18(20)14-16-10-7-9-15-8-5-6-11-17(15)16/h5-11H,3-4,12-14H2,1-2H3. The summed E-state index contributed by atoms with van der Waals surface area (Å²) in [6.45, 7) is 5.95. The van der Waals surface area contributed by atoms with E-state index in [0.29, 0.717) is 6.42 Å². The molecule has 106 valence electrons. The Balaban J connectivity index is 2.20. The number of benzene rings is 2. The number of nitrogens with zero attached hydrogens (tertiary/aromatic N) is 1. The van der Waals surface area contributed by atoms with Crippen LogP contribution in [-0.2, 0) is 11.2 Å². The molecule has 0 spiro atoms. The molecule has 1 amide bonds. The molecule has 0 aliphatic heterocycles. The van der Waals surface area contributed by atoms with E-state index in [1.165, 1.54) is 10.8 Å². The van der Waals surface area contributed by atoms with Gasteiger partial charge in [0.25, 0.3) is 0 Å². The topological polar surface area (TPSA) is 20.3 Å². The van der Waals surface area contributed by atoms with Crippen LogP contribution in [0.4, 0.5) is 0 Å². The first kappa shape index (κ1) is 14.6. The first-order valence-electron chi connectivity index (χ1n) is 7.50. The average Bonchev–Trinajstić information content (AvgIpc) is 2.47. The van der Waals surface area contributed by atoms with Gasteiger partial charge in [0.05, 0.1) is 6.42 Å². The third kappa shape index (κ3) is 3.38. The third-order valence-corrected chi connectivity index (χ3v) is 3.56. The Labute approximate surface area is 121 Å². The van der Waals surface area contributed by atoms with Crippen molar-refractivity contribution in [2.45, 2.75) is 33.1 Å². The second-order valence-corrected chi connectivity index (χ2v) is 5.20. The molecule has 2 nitrogen and oxygen atoms in total. The van der Waals surface area contributed by atoms with Gasteiger partial charge in [-0.05, 0) is 29.2 Å². The molecular weight excluding hydrogens is 246 g/mol. The minimum Gasteiger partial charge on any atom is -0.342 e. The lowest BCUT2D eigenvalue weighted by Gasteiger charge is -2.21. The molecule has 0 saturated heterocycles. The Morgan fingerprint density at radius 3 is 2.30 bits per heavy atom. The summed E-state index contributed by atoms with van der Waals surface area (Å²) in [6, 6.07) is 14.5. The van der Waals surface area contributed by atoms with Gasteiger partial charge in [0.15, 0.2) is 0 Å². The number of amides is 1. The number of hydrogen-bond donors (Lipinski definition) is 0. The van der Waals surface area contributed by atoms with Gasteiger partial charge < -0.3 is 4.90 Å². The lowest BCUT2D eigenvalue weighted by Crippen LogP contribution is -2.33. The highest BCUT2D eigenvalue weighted by molar-refractivity contribution is 5.90. The van der Waals surface area contributed by atoms with E-state index in [0.717, 1.165) is 31.5 Å². The van der Waals surface area contributed by atoms with Gasteiger partial charge in [0.1, 0.15) is 0 Å². The Morgan fingerprint density at radius 1 is 0.950 bits per heavy atom. The number of rotatable bonds is 6. The molecule has 2 rings (SSSR count). The van der Waals surface area contributed by atoms with Crippen LogP contribution in [-0.4, -0.2) is 23.9 Å². The highest BCUT2D eigenvalue weighted by atomic mass is 16.2. The Hall–Kier alpha value is -1.83. The fourth-order valence-electron chi connectivity index (χ4n) is 2.62. The summed E-state index contributed by atoms with van der Waals surface area (Å²) < 4.78 is 0. The zero-order chi connectivity index (χ0) is 14.4. The molecule has 2 heteroatoms. The van der Waals surface area contributed by atoms with Crippen LogP contribution in [0.5, 0.6) is 0 Å². The van der Waals surface area contributed by atoms with Crippen LogP contribution in [0, 0.1) is 0 Å². The van der Waals surface area contributed by atoms with Gasteiger partial charge in [-0.1, -0.05) is 56.3 Å². The highest BCUT2D eigenvalue weighted by Crippen LogP contribution is 2.19. The molecular formula is C18H23NO. The molecule has 0 aliphatic rings. The van der Waals surface area contributed by atoms with Gasteiger partial charge in [-0.3, -0.25) is 4.79 Å². The van der Waals surface area contributed by atoms with Crippen LogP contribution >= 0.6 is 0 Å². The second-order valence-electron chi connectivity index (χ2n) is 5.20. The monoisotopic (exact) mass is 269 g/mol. The molecule has 0 N–H and O–H groups in total. The number of fused-ring (bicyclic) bond motifs is 1. The molecule has 0 heterocycles. The SMILES string of the molecule is CCCN(CCC)C(=O)Cc1cccc2ccccc12. The minimum absolute atomic E-state index is 0.241. The summed E-state index contributed by atoms with van der Waals surface area (Å²) >= 11 is 0. The van der Waals surface area contributed by atoms with E-state index in [9.17, 15) is 4.79 Å². The van der Waals surface area contributed by atoms with Gasteiger partial charge in [-0.15, -0.1) is 0 Å². The fourth-order valence-corrected chi connectivity index (χ4v) is 2.62. The maximum Gasteiger partial charge on any atom is 0.227 e. The largest absolute Gasteiger partial charge is 0.342 e. The quantitative estimate of drug-likeness (QED) is 0.775. The normalized spacial score (nSPS) is 10.7. The molecule has 0 atom stereocenters. The van der Waals surface area contributed by atoms with E-state index in [2.05, 4.69) is 38.1 Å². The molecule has 0 unspecified atom stereocenters. The third-order valence-electron chi connectivity index (χ3n) is 3.56. The zero-order valence-corrected chi connectivity index (χ0v) is 12.4. The average molecular weight is 269 g/mol. The maximum absolute atomic E-state index is 12.5. The van der Waals surface area contributed by atoms with Crippen LogP contribution in [0.3, 0.4) is 0 Å². The van der Waals surface area contributed by atoms with Gasteiger partial charge in [-0.2, -0.15) is 0 Å². The van der Waals surface area contributed by atoms with Gasteiger partial charge >= 0.3 is 0 Å². The van der Waals surface area contributed by atoms with Gasteiger partial charge in [0.2, 0.25) is 5.91 Å². The predicted octanol–water partition coefficient (Wildman–Crippen LogP) is 4.03. The number of carbonyl (C=O) groups is 1. The van der Waals surface area contributed by atoms with E-state index >= 15 is 0 Å². The van der Waals surface area contributed by atoms with Gasteiger partial charge in [0, 0.05) is 13.1 Å². The number of carbonyl (C=O) groups excluding carboxylic acids is 1. The molecule has 20 heavy (non-hydrogen) atoms. The van der Waals surface area contributed by atoms with Crippen LogP contribution < -0.4 is 0 Å². The molecule has 2 aromatic carbocycles. The summed E-state index contributed by atoms with van der Waals surface area (Å²) in [5.41, 5.74) is 1.13. The molecule has 0 radical (unpaired) electrons. The van der Waals surface area contributed by atoms with Crippen molar-refractivity contribution < 1.29 is 4.79 Å². The van der Waals surface area contributed by atoms with Crippen molar-refractivity contribution in [2.24, 2.45) is 0 Å². The lowest BCUT2D eigenvalue weighted by atomic mass is 10.0. The lowest BCUT2D eigenvalue weighted by molar-refractivity contribution is -0.130. The summed E-state index contributed by atoms with van der Waals surface area (Å²) in [6.07, 6.45) is 2.53. The Kier molecular flexibility index (Phi) is 5.16. The smallest absolute Gasteiger partial charge is 0.227 e. The van der Waals surface area contributed by atoms with E-state index in [-0.39, 0.29) is 5.91 Å². The first-order chi connectivity index (χ1) is 9.76. The number of hydrogen-bond acceptors (Lipinski definition) is 1. The van der Waals surface area contributed by atoms with Crippen LogP contribution in [0.15, 0.2) is 42.5 Å². The van der Waals surface area contributed by atoms with Crippen LogP contribution in [0.1, 0.15) is 32.3 Å². The van der Waals surface area contributed by atoms with E-state index in [1.54, 1.807) is 0 Å². The molecule has 0 aromatic heterocycles. The second kappa shape index (κ2) is 7.09. The van der Waals surface area contributed by atoms with Crippen LogP contribution in [0.2, 0.25) is 0 Å². The highest BCUT2D eigenvalue weighted by Gasteiger charge is 2.13. The van der Waals surface area contributed by atoms with Crippen molar-refractivity contribution in [3.63, 3.8) is 0 Å². The van der Waals surface area contributed by atoms with Crippen molar-refractivity contribution >= 4 is 16.7 Å². The van der Waals surface area contributed by atoms with Crippen molar-refractivity contribution in [3.8, 4) is 0 Å². The van der Waals surface area contributed by atoms with E-state index in [4.69, 9.17) is 0 Å². The van der Waals surface area contributed by atoms with Crippen molar-refractivity contribution in [1.29, 1.82) is 0 Å². The Morgan fingerprint density at radius 2 is 1.60 bits per heavy atom. The predicted molar refractivity (Wildman–Crippen MR) is 84.8 cm³/mol. The summed E-state index contributed by atoms with van der Waals surface area (Å²) in [4.78, 5) is 14.4. The van der Waals surface area contributed by atoms with Crippen molar-refractivity contribution in [3.05, 3.63) is 48.0 Å².